The summed E-state index contributed by atoms with van der Waals surface area (Å²) in [6, 6.07) is 0. The van der Waals surface area contributed by atoms with Gasteiger partial charge in [-0.1, -0.05) is 29.5 Å². The molecule has 3 heterocycles. The predicted molar refractivity (Wildman–Crippen MR) is 113 cm³/mol. The number of ether oxygens (including phenoxy) is 2. The summed E-state index contributed by atoms with van der Waals surface area (Å²) in [5, 5.41) is 3.95. The molecule has 0 bridgehead atoms. The van der Waals surface area contributed by atoms with Gasteiger partial charge in [-0.05, 0) is 13.8 Å². The second-order valence-electron chi connectivity index (χ2n) is 4.73. The van der Waals surface area contributed by atoms with Crippen LogP contribution in [0.4, 0.5) is 11.6 Å². The maximum atomic E-state index is 9.95. The third-order valence-electron chi connectivity index (χ3n) is 2.55. The first-order chi connectivity index (χ1) is 15.2. The highest BCUT2D eigenvalue weighted by molar-refractivity contribution is 7.59. The van der Waals surface area contributed by atoms with E-state index < -0.39 is 10.6 Å². The largest absolute Gasteiger partial charge is 0.425 e. The molecule has 0 fully saturated rings. The summed E-state index contributed by atoms with van der Waals surface area (Å²) >= 11 is 2.80. The molecule has 0 aliphatic heterocycles. The van der Waals surface area contributed by atoms with Gasteiger partial charge in [0.1, 0.15) is 0 Å². The fraction of sp³-hybridized carbons (Fsp3) is 0.188. The second kappa shape index (κ2) is 15.8. The molecule has 1 N–H and O–H groups in total. The third kappa shape index (κ3) is 11.9. The Bertz CT molecular complexity index is 1120. The Kier molecular flexibility index (Phi) is 13.8. The van der Waals surface area contributed by atoms with Crippen LogP contribution < -0.4 is 9.47 Å². The first-order valence-corrected chi connectivity index (χ1v) is 10.5. The number of aryl methyl sites for hydroxylation is 3. The molecule has 13 nitrogen and oxygen atoms in total. The van der Waals surface area contributed by atoms with Crippen LogP contribution in [0.25, 0.3) is 9.69 Å². The number of hydrogen-bond acceptors (Lipinski definition) is 12. The molecule has 0 saturated carbocycles. The fourth-order valence-electron chi connectivity index (χ4n) is 1.55. The van der Waals surface area contributed by atoms with Crippen molar-refractivity contribution >= 4 is 57.9 Å². The number of aromatic amines is 1. The number of hydrogen-bond donors (Lipinski definition) is 1. The summed E-state index contributed by atoms with van der Waals surface area (Å²) in [6.07, 6.45) is 1.81. The molecule has 0 aliphatic carbocycles. The number of thiazole rings is 2. The van der Waals surface area contributed by atoms with Gasteiger partial charge >= 0.3 is 10.6 Å². The van der Waals surface area contributed by atoms with Crippen molar-refractivity contribution in [3.63, 3.8) is 0 Å². The summed E-state index contributed by atoms with van der Waals surface area (Å²) in [5.41, 5.74) is 0. The summed E-state index contributed by atoms with van der Waals surface area (Å²) < 4.78 is 34.3. The lowest BCUT2D eigenvalue weighted by molar-refractivity contribution is -0.123. The van der Waals surface area contributed by atoms with E-state index in [4.69, 9.17) is 25.8 Å². The van der Waals surface area contributed by atoms with Crippen molar-refractivity contribution in [3.05, 3.63) is 50.3 Å². The van der Waals surface area contributed by atoms with Gasteiger partial charge in [0.05, 0.1) is 10.0 Å². The van der Waals surface area contributed by atoms with Crippen molar-refractivity contribution in [2.75, 3.05) is 0 Å². The predicted octanol–water partition coefficient (Wildman–Crippen LogP) is 2.79. The first-order valence-electron chi connectivity index (χ1n) is 7.80. The lowest BCUT2D eigenvalue weighted by Gasteiger charge is -1.93. The van der Waals surface area contributed by atoms with Crippen molar-refractivity contribution in [2.45, 2.75) is 20.8 Å². The lowest BCUT2D eigenvalue weighted by atomic mass is 10.7. The Morgan fingerprint density at radius 1 is 1.03 bits per heavy atom. The normalized spacial score (nSPS) is 8.41. The molecule has 16 heteroatoms. The third-order valence-corrected chi connectivity index (χ3v) is 4.09. The van der Waals surface area contributed by atoms with E-state index in [2.05, 4.69) is 39.1 Å². The van der Waals surface area contributed by atoms with E-state index in [1.807, 2.05) is 12.3 Å². The number of nitrogens with zero attached hydrogens (tertiary/aromatic N) is 5. The maximum Gasteiger partial charge on any atom is 0.425 e. The second-order valence-corrected chi connectivity index (χ2v) is 7.40. The van der Waals surface area contributed by atoms with Crippen LogP contribution in [-0.2, 0) is 20.2 Å². The van der Waals surface area contributed by atoms with Crippen LogP contribution in [0.5, 0.6) is 10.9 Å². The number of carbonyl (C=O) groups is 2. The number of carbonyl (C=O) groups excluding carboxylic acids is 2. The standard InChI is InChI=1S/C6H4N4.C6H5NO4S.C4H5NS.O3S/c1-4-9-5(7-2)6(8-3)10-4;1-4-7-5(10-2-8)6(12-4)11-3-9;1-4-5-2-3-6-4;1-4(2)3/h1H3,(H,9,10);2-3H,1H3;2-3H,1H3;. The van der Waals surface area contributed by atoms with Gasteiger partial charge in [-0.15, -0.1) is 24.0 Å². The Balaban J connectivity index is 0.000000432. The van der Waals surface area contributed by atoms with Crippen LogP contribution >= 0.6 is 22.7 Å². The number of H-pyrrole nitrogens is 1. The monoisotopic (exact) mass is 498 g/mol. The van der Waals surface area contributed by atoms with Gasteiger partial charge < -0.3 is 19.2 Å². The van der Waals surface area contributed by atoms with Crippen molar-refractivity contribution in [2.24, 2.45) is 0 Å². The molecule has 0 aliphatic rings. The lowest BCUT2D eigenvalue weighted by Crippen LogP contribution is -1.93. The molecule has 0 unspecified atom stereocenters. The van der Waals surface area contributed by atoms with E-state index in [1.54, 1.807) is 31.4 Å². The van der Waals surface area contributed by atoms with Gasteiger partial charge in [0.15, 0.2) is 0 Å². The van der Waals surface area contributed by atoms with E-state index in [0.29, 0.717) is 10.8 Å². The summed E-state index contributed by atoms with van der Waals surface area (Å²) in [5.74, 6) is 1.02. The number of aromatic nitrogens is 4. The van der Waals surface area contributed by atoms with Gasteiger partial charge in [0.2, 0.25) is 5.06 Å². The molecular formula is C16H14N6O7S3. The van der Waals surface area contributed by atoms with Gasteiger partial charge in [-0.3, -0.25) is 19.6 Å². The smallest absolute Gasteiger partial charge is 0.412 e. The first kappa shape index (κ1) is 28.0. The summed E-state index contributed by atoms with van der Waals surface area (Å²) in [7, 11) is -3.11. The summed E-state index contributed by atoms with van der Waals surface area (Å²) in [4.78, 5) is 40.2. The van der Waals surface area contributed by atoms with Crippen molar-refractivity contribution in [1.29, 1.82) is 0 Å². The molecular weight excluding hydrogens is 484 g/mol. The van der Waals surface area contributed by atoms with Gasteiger partial charge in [0, 0.05) is 18.5 Å². The summed E-state index contributed by atoms with van der Waals surface area (Å²) in [6.45, 7) is 19.1. The van der Waals surface area contributed by atoms with Crippen molar-refractivity contribution in [3.8, 4) is 10.9 Å². The average molecular weight is 499 g/mol. The number of nitrogens with one attached hydrogen (secondary N) is 1. The van der Waals surface area contributed by atoms with Crippen molar-refractivity contribution in [1.82, 2.24) is 19.9 Å². The molecule has 3 rings (SSSR count). The highest BCUT2D eigenvalue weighted by Crippen LogP contribution is 2.32. The molecule has 0 aromatic carbocycles. The molecule has 0 spiro atoms. The minimum absolute atomic E-state index is 0.0274. The van der Waals surface area contributed by atoms with E-state index >= 15 is 0 Å². The molecule has 0 amide bonds. The van der Waals surface area contributed by atoms with Gasteiger partial charge in [0.25, 0.3) is 36.3 Å². The van der Waals surface area contributed by atoms with Crippen LogP contribution in [0.3, 0.4) is 0 Å². The molecule has 0 radical (unpaired) electrons. The van der Waals surface area contributed by atoms with Gasteiger partial charge in [-0.2, -0.15) is 0 Å². The quantitative estimate of drug-likeness (QED) is 0.417. The zero-order valence-electron chi connectivity index (χ0n) is 16.6. The topological polar surface area (TPSA) is 167 Å². The van der Waals surface area contributed by atoms with Crippen LogP contribution in [0.2, 0.25) is 0 Å². The zero-order chi connectivity index (χ0) is 24.5. The molecule has 0 atom stereocenters. The van der Waals surface area contributed by atoms with E-state index in [-0.39, 0.29) is 35.5 Å². The van der Waals surface area contributed by atoms with Gasteiger partial charge in [-0.25, -0.2) is 4.98 Å². The SMILES string of the molecule is Cc1nc(OC=O)c(OC=O)s1.Cc1nccs1.O=S(=O)=O.[C-]#[N+]c1nc(C)[nH]c1[N+]#[C-]. The highest BCUT2D eigenvalue weighted by Gasteiger charge is 2.11. The fourth-order valence-corrected chi connectivity index (χ4v) is 2.65. The minimum Gasteiger partial charge on any atom is -0.412 e. The molecule has 3 aromatic heterocycles. The van der Waals surface area contributed by atoms with E-state index in [0.717, 1.165) is 16.3 Å². The van der Waals surface area contributed by atoms with E-state index in [9.17, 15) is 9.59 Å². The number of rotatable bonds is 4. The highest BCUT2D eigenvalue weighted by atomic mass is 32.2. The molecule has 0 saturated heterocycles. The van der Waals surface area contributed by atoms with Crippen LogP contribution in [0, 0.1) is 33.9 Å². The average Bonchev–Trinajstić information content (AvgIpc) is 3.43. The molecule has 32 heavy (non-hydrogen) atoms. The minimum atomic E-state index is -3.11. The number of imidazole rings is 1. The van der Waals surface area contributed by atoms with Crippen LogP contribution in [0.1, 0.15) is 15.8 Å². The van der Waals surface area contributed by atoms with Crippen LogP contribution in [0.15, 0.2) is 11.6 Å². The Morgan fingerprint density at radius 2 is 1.66 bits per heavy atom. The van der Waals surface area contributed by atoms with Crippen LogP contribution in [-0.4, -0.2) is 45.5 Å². The Labute approximate surface area is 191 Å². The Morgan fingerprint density at radius 3 is 2.03 bits per heavy atom. The maximum absolute atomic E-state index is 9.95. The zero-order valence-corrected chi connectivity index (χ0v) is 19.1. The Hall–Kier alpha value is -3.99. The molecule has 168 valence electrons. The van der Waals surface area contributed by atoms with E-state index in [1.165, 1.54) is 0 Å². The van der Waals surface area contributed by atoms with Crippen molar-refractivity contribution < 1.29 is 31.7 Å². The molecule has 3 aromatic rings.